The second kappa shape index (κ2) is 6.02. The summed E-state index contributed by atoms with van der Waals surface area (Å²) in [5, 5.41) is 3.59. The monoisotopic (exact) mass is 265 g/mol. The summed E-state index contributed by atoms with van der Waals surface area (Å²) in [6, 6.07) is 5.21. The fourth-order valence-electron chi connectivity index (χ4n) is 2.97. The van der Waals surface area contributed by atoms with Crippen molar-refractivity contribution < 1.29 is 9.13 Å². The maximum absolute atomic E-state index is 13.3. The van der Waals surface area contributed by atoms with Crippen LogP contribution in [-0.4, -0.2) is 19.3 Å². The SMILES string of the molecule is CCCNC(c1ccc(F)cc1C)C1(OC)CCC1. The summed E-state index contributed by atoms with van der Waals surface area (Å²) in [4.78, 5) is 0. The van der Waals surface area contributed by atoms with Gasteiger partial charge in [-0.2, -0.15) is 0 Å². The first-order valence-corrected chi connectivity index (χ1v) is 7.17. The van der Waals surface area contributed by atoms with Crippen molar-refractivity contribution in [2.45, 2.75) is 51.2 Å². The van der Waals surface area contributed by atoms with E-state index < -0.39 is 0 Å². The van der Waals surface area contributed by atoms with Gasteiger partial charge in [0.15, 0.2) is 0 Å². The summed E-state index contributed by atoms with van der Waals surface area (Å²) in [5.74, 6) is -0.171. The van der Waals surface area contributed by atoms with Crippen LogP contribution in [0.25, 0.3) is 0 Å². The van der Waals surface area contributed by atoms with E-state index in [4.69, 9.17) is 4.74 Å². The molecule has 1 aromatic carbocycles. The summed E-state index contributed by atoms with van der Waals surface area (Å²) in [6.07, 6.45) is 4.43. The van der Waals surface area contributed by atoms with E-state index >= 15 is 0 Å². The largest absolute Gasteiger partial charge is 0.376 e. The summed E-state index contributed by atoms with van der Waals surface area (Å²) in [5.41, 5.74) is 2.05. The van der Waals surface area contributed by atoms with Crippen molar-refractivity contribution in [3.05, 3.63) is 35.1 Å². The third kappa shape index (κ3) is 2.82. The molecule has 0 radical (unpaired) electrons. The fourth-order valence-corrected chi connectivity index (χ4v) is 2.97. The van der Waals surface area contributed by atoms with E-state index in [1.165, 1.54) is 6.42 Å². The molecule has 1 aliphatic carbocycles. The minimum atomic E-state index is -0.171. The van der Waals surface area contributed by atoms with Crippen LogP contribution in [0.15, 0.2) is 18.2 Å². The predicted molar refractivity (Wildman–Crippen MR) is 75.8 cm³/mol. The second-order valence-corrected chi connectivity index (χ2v) is 5.51. The number of nitrogens with one attached hydrogen (secondary N) is 1. The zero-order valence-corrected chi connectivity index (χ0v) is 12.1. The van der Waals surface area contributed by atoms with Crippen LogP contribution < -0.4 is 5.32 Å². The molecule has 0 heterocycles. The molecular weight excluding hydrogens is 241 g/mol. The summed E-state index contributed by atoms with van der Waals surface area (Å²) in [6.45, 7) is 5.08. The molecule has 2 nitrogen and oxygen atoms in total. The molecule has 1 N–H and O–H groups in total. The van der Waals surface area contributed by atoms with Gasteiger partial charge in [-0.1, -0.05) is 13.0 Å². The topological polar surface area (TPSA) is 21.3 Å². The lowest BCUT2D eigenvalue weighted by molar-refractivity contribution is -0.0998. The first-order chi connectivity index (χ1) is 9.13. The third-order valence-electron chi connectivity index (χ3n) is 4.27. The smallest absolute Gasteiger partial charge is 0.123 e. The lowest BCUT2D eigenvalue weighted by atomic mass is 9.71. The van der Waals surface area contributed by atoms with Crippen molar-refractivity contribution in [2.75, 3.05) is 13.7 Å². The normalized spacial score (nSPS) is 18.9. The average Bonchev–Trinajstić information content (AvgIpc) is 2.33. The van der Waals surface area contributed by atoms with Crippen LogP contribution in [0.4, 0.5) is 4.39 Å². The van der Waals surface area contributed by atoms with Gasteiger partial charge in [-0.25, -0.2) is 4.39 Å². The molecule has 1 fully saturated rings. The van der Waals surface area contributed by atoms with E-state index in [9.17, 15) is 4.39 Å². The molecule has 1 saturated carbocycles. The van der Waals surface area contributed by atoms with Gasteiger partial charge in [-0.3, -0.25) is 0 Å². The Morgan fingerprint density at radius 3 is 2.63 bits per heavy atom. The van der Waals surface area contributed by atoms with Crippen molar-refractivity contribution >= 4 is 0 Å². The molecule has 0 saturated heterocycles. The van der Waals surface area contributed by atoms with Crippen molar-refractivity contribution in [1.82, 2.24) is 5.32 Å². The number of ether oxygens (including phenoxy) is 1. The zero-order chi connectivity index (χ0) is 13.9. The standard InChI is InChI=1S/C16H24FNO/c1-4-10-18-15(16(19-3)8-5-9-16)14-7-6-13(17)11-12(14)2/h6-7,11,15,18H,4-5,8-10H2,1-3H3. The lowest BCUT2D eigenvalue weighted by Crippen LogP contribution is -2.51. The van der Waals surface area contributed by atoms with Gasteiger partial charge in [0.05, 0.1) is 11.6 Å². The van der Waals surface area contributed by atoms with Crippen LogP contribution in [0.5, 0.6) is 0 Å². The van der Waals surface area contributed by atoms with Crippen molar-refractivity contribution in [3.8, 4) is 0 Å². The van der Waals surface area contributed by atoms with Crippen molar-refractivity contribution in [2.24, 2.45) is 0 Å². The molecule has 106 valence electrons. The average molecular weight is 265 g/mol. The van der Waals surface area contributed by atoms with Gasteiger partial charge >= 0.3 is 0 Å². The number of rotatable bonds is 6. The van der Waals surface area contributed by atoms with Gasteiger partial charge in [-0.05, 0) is 62.4 Å². The number of methoxy groups -OCH3 is 1. The molecule has 0 amide bonds. The molecule has 0 aliphatic heterocycles. The highest BCUT2D eigenvalue weighted by Crippen LogP contribution is 2.45. The summed E-state index contributed by atoms with van der Waals surface area (Å²) in [7, 11) is 1.79. The maximum atomic E-state index is 13.3. The number of hydrogen-bond acceptors (Lipinski definition) is 2. The molecule has 1 aromatic rings. The molecule has 1 aliphatic rings. The molecule has 1 unspecified atom stereocenters. The van der Waals surface area contributed by atoms with Gasteiger partial charge in [0, 0.05) is 7.11 Å². The highest BCUT2D eigenvalue weighted by molar-refractivity contribution is 5.32. The van der Waals surface area contributed by atoms with Gasteiger partial charge < -0.3 is 10.1 Å². The van der Waals surface area contributed by atoms with E-state index in [1.54, 1.807) is 19.2 Å². The van der Waals surface area contributed by atoms with Gasteiger partial charge in [0.1, 0.15) is 5.82 Å². The van der Waals surface area contributed by atoms with Crippen LogP contribution in [0.1, 0.15) is 49.8 Å². The Morgan fingerprint density at radius 2 is 2.16 bits per heavy atom. The molecule has 2 rings (SSSR count). The van der Waals surface area contributed by atoms with Gasteiger partial charge in [-0.15, -0.1) is 0 Å². The zero-order valence-electron chi connectivity index (χ0n) is 12.1. The molecule has 1 atom stereocenters. The van der Waals surface area contributed by atoms with Crippen LogP contribution in [0, 0.1) is 12.7 Å². The molecule has 0 bridgehead atoms. The van der Waals surface area contributed by atoms with Crippen LogP contribution in [0.3, 0.4) is 0 Å². The third-order valence-corrected chi connectivity index (χ3v) is 4.27. The Labute approximate surface area is 115 Å². The Kier molecular flexibility index (Phi) is 4.58. The van der Waals surface area contributed by atoms with Crippen molar-refractivity contribution in [1.29, 1.82) is 0 Å². The molecule has 19 heavy (non-hydrogen) atoms. The second-order valence-electron chi connectivity index (χ2n) is 5.51. The van der Waals surface area contributed by atoms with Gasteiger partial charge in [0.2, 0.25) is 0 Å². The van der Waals surface area contributed by atoms with E-state index in [1.807, 2.05) is 13.0 Å². The summed E-state index contributed by atoms with van der Waals surface area (Å²) < 4.78 is 19.1. The minimum Gasteiger partial charge on any atom is -0.376 e. The number of hydrogen-bond donors (Lipinski definition) is 1. The van der Waals surface area contributed by atoms with Crippen LogP contribution in [0.2, 0.25) is 0 Å². The predicted octanol–water partition coefficient (Wildman–Crippen LogP) is 3.74. The quantitative estimate of drug-likeness (QED) is 0.846. The van der Waals surface area contributed by atoms with Crippen molar-refractivity contribution in [3.63, 3.8) is 0 Å². The minimum absolute atomic E-state index is 0.113. The highest BCUT2D eigenvalue weighted by Gasteiger charge is 2.45. The van der Waals surface area contributed by atoms with Gasteiger partial charge in [0.25, 0.3) is 0 Å². The Hall–Kier alpha value is -0.930. The van der Waals surface area contributed by atoms with Crippen LogP contribution in [-0.2, 0) is 4.74 Å². The van der Waals surface area contributed by atoms with E-state index in [2.05, 4.69) is 12.2 Å². The number of halogens is 1. The van der Waals surface area contributed by atoms with E-state index in [0.29, 0.717) is 0 Å². The first kappa shape index (κ1) is 14.5. The van der Waals surface area contributed by atoms with E-state index in [-0.39, 0.29) is 17.5 Å². The van der Waals surface area contributed by atoms with E-state index in [0.717, 1.165) is 36.9 Å². The molecular formula is C16H24FNO. The Morgan fingerprint density at radius 1 is 1.42 bits per heavy atom. The number of aryl methyl sites for hydroxylation is 1. The van der Waals surface area contributed by atoms with Crippen LogP contribution >= 0.6 is 0 Å². The lowest BCUT2D eigenvalue weighted by Gasteiger charge is -2.47. The summed E-state index contributed by atoms with van der Waals surface area (Å²) >= 11 is 0. The highest BCUT2D eigenvalue weighted by atomic mass is 19.1. The molecule has 0 aromatic heterocycles. The Bertz CT molecular complexity index is 423. The first-order valence-electron chi connectivity index (χ1n) is 7.17. The maximum Gasteiger partial charge on any atom is 0.123 e. The molecule has 3 heteroatoms. The fraction of sp³-hybridized carbons (Fsp3) is 0.625. The molecule has 0 spiro atoms. The number of benzene rings is 1. The Balaban J connectivity index is 2.31.